The van der Waals surface area contributed by atoms with Gasteiger partial charge >= 0.3 is 0 Å². The number of nitrogens with one attached hydrogen (secondary N) is 1. The van der Waals surface area contributed by atoms with Gasteiger partial charge < -0.3 is 5.32 Å². The number of hydrogen-bond acceptors (Lipinski definition) is 3. The zero-order valence-electron chi connectivity index (χ0n) is 12.0. The average Bonchev–Trinajstić information content (AvgIpc) is 2.62. The van der Waals surface area contributed by atoms with Crippen molar-refractivity contribution in [1.82, 2.24) is 5.32 Å². The minimum Gasteiger partial charge on any atom is -0.350 e. The van der Waals surface area contributed by atoms with Crippen molar-refractivity contribution in [1.29, 1.82) is 0 Å². The van der Waals surface area contributed by atoms with Crippen LogP contribution in [0.2, 0.25) is 0 Å². The lowest BCUT2D eigenvalue weighted by Crippen LogP contribution is -2.47. The summed E-state index contributed by atoms with van der Waals surface area (Å²) in [5.74, 6) is 0.142. The van der Waals surface area contributed by atoms with E-state index in [9.17, 15) is 13.2 Å². The van der Waals surface area contributed by atoms with E-state index in [4.69, 9.17) is 0 Å². The van der Waals surface area contributed by atoms with Crippen molar-refractivity contribution in [2.75, 3.05) is 11.5 Å². The first-order valence-electron chi connectivity index (χ1n) is 6.85. The molecular formula is C15H21NO3S. The second-order valence-corrected chi connectivity index (χ2v) is 8.12. The Morgan fingerprint density at radius 2 is 1.95 bits per heavy atom. The van der Waals surface area contributed by atoms with E-state index in [0.29, 0.717) is 19.3 Å². The second kappa shape index (κ2) is 5.56. The molecule has 0 bridgehead atoms. The molecule has 110 valence electrons. The summed E-state index contributed by atoms with van der Waals surface area (Å²) in [6, 6.07) is 8.09. The topological polar surface area (TPSA) is 63.2 Å². The van der Waals surface area contributed by atoms with Gasteiger partial charge in [-0.15, -0.1) is 0 Å². The predicted octanol–water partition coefficient (Wildman–Crippen LogP) is 1.62. The minimum absolute atomic E-state index is 0.0519. The van der Waals surface area contributed by atoms with Crippen molar-refractivity contribution in [2.24, 2.45) is 0 Å². The summed E-state index contributed by atoms with van der Waals surface area (Å²) in [7, 11) is -2.99. The zero-order valence-corrected chi connectivity index (χ0v) is 12.8. The third-order valence-electron chi connectivity index (χ3n) is 3.71. The molecule has 1 aliphatic heterocycles. The highest BCUT2D eigenvalue weighted by molar-refractivity contribution is 7.91. The van der Waals surface area contributed by atoms with Crippen molar-refractivity contribution in [3.05, 3.63) is 35.4 Å². The number of benzene rings is 1. The Balaban J connectivity index is 1.85. The van der Waals surface area contributed by atoms with Gasteiger partial charge in [0, 0.05) is 6.42 Å². The number of rotatable bonds is 4. The third-order valence-corrected chi connectivity index (χ3v) is 5.61. The van der Waals surface area contributed by atoms with Gasteiger partial charge in [-0.2, -0.15) is 0 Å². The Hall–Kier alpha value is -1.36. The summed E-state index contributed by atoms with van der Waals surface area (Å²) in [4.78, 5) is 11.9. The average molecular weight is 295 g/mol. The van der Waals surface area contributed by atoms with Crippen LogP contribution >= 0.6 is 0 Å². The summed E-state index contributed by atoms with van der Waals surface area (Å²) in [5.41, 5.74) is 1.72. The molecule has 1 unspecified atom stereocenters. The fourth-order valence-electron chi connectivity index (χ4n) is 2.52. The van der Waals surface area contributed by atoms with Crippen molar-refractivity contribution in [2.45, 2.75) is 38.6 Å². The van der Waals surface area contributed by atoms with Crippen LogP contribution in [0.25, 0.3) is 0 Å². The molecule has 0 aromatic heterocycles. The molecule has 5 heteroatoms. The quantitative estimate of drug-likeness (QED) is 0.918. The van der Waals surface area contributed by atoms with E-state index in [1.54, 1.807) is 6.92 Å². The highest BCUT2D eigenvalue weighted by Gasteiger charge is 2.39. The summed E-state index contributed by atoms with van der Waals surface area (Å²) in [6.07, 6.45) is 1.57. The highest BCUT2D eigenvalue weighted by Crippen LogP contribution is 2.23. The minimum atomic E-state index is -2.99. The maximum absolute atomic E-state index is 11.9. The van der Waals surface area contributed by atoms with Crippen molar-refractivity contribution in [3.63, 3.8) is 0 Å². The molecule has 0 saturated carbocycles. The lowest BCUT2D eigenvalue weighted by atomic mass is 10.0. The van der Waals surface area contributed by atoms with Gasteiger partial charge in [0.25, 0.3) is 0 Å². The van der Waals surface area contributed by atoms with Crippen molar-refractivity contribution >= 4 is 15.7 Å². The number of amides is 1. The van der Waals surface area contributed by atoms with Crippen LogP contribution in [0.3, 0.4) is 0 Å². The van der Waals surface area contributed by atoms with Gasteiger partial charge in [-0.05, 0) is 32.3 Å². The van der Waals surface area contributed by atoms with Gasteiger partial charge in [0.15, 0.2) is 9.84 Å². The molecule has 1 N–H and O–H groups in total. The fraction of sp³-hybridized carbons (Fsp3) is 0.533. The van der Waals surface area contributed by atoms with Crippen molar-refractivity contribution < 1.29 is 13.2 Å². The van der Waals surface area contributed by atoms with Crippen LogP contribution in [0, 0.1) is 6.92 Å². The largest absolute Gasteiger partial charge is 0.350 e. The monoisotopic (exact) mass is 295 g/mol. The second-order valence-electron chi connectivity index (χ2n) is 5.94. The van der Waals surface area contributed by atoms with Crippen LogP contribution in [0.5, 0.6) is 0 Å². The zero-order chi connectivity index (χ0) is 14.8. The molecule has 0 radical (unpaired) electrons. The van der Waals surface area contributed by atoms with Crippen LogP contribution in [0.1, 0.15) is 30.9 Å². The summed E-state index contributed by atoms with van der Waals surface area (Å²) < 4.78 is 23.0. The first-order chi connectivity index (χ1) is 9.28. The Kier molecular flexibility index (Phi) is 4.18. The first-order valence-corrected chi connectivity index (χ1v) is 8.67. The van der Waals surface area contributed by atoms with Crippen LogP contribution in [-0.2, 0) is 21.1 Å². The standard InChI is InChI=1S/C15H21NO3S/c1-12-3-5-13(6-4-12)7-8-14(17)16-15(2)9-10-20(18,19)11-15/h3-6H,7-11H2,1-2H3,(H,16,17). The Bertz CT molecular complexity index is 592. The summed E-state index contributed by atoms with van der Waals surface area (Å²) >= 11 is 0. The molecular weight excluding hydrogens is 274 g/mol. The Labute approximate surface area is 120 Å². The maximum Gasteiger partial charge on any atom is 0.220 e. The predicted molar refractivity (Wildman–Crippen MR) is 79.3 cm³/mol. The molecule has 1 aromatic carbocycles. The van der Waals surface area contributed by atoms with Crippen LogP contribution in [-0.4, -0.2) is 31.4 Å². The van der Waals surface area contributed by atoms with E-state index in [2.05, 4.69) is 5.32 Å². The molecule has 1 aromatic rings. The van der Waals surface area contributed by atoms with Gasteiger partial charge in [0.05, 0.1) is 17.0 Å². The van der Waals surface area contributed by atoms with E-state index in [-0.39, 0.29) is 17.4 Å². The molecule has 0 spiro atoms. The van der Waals surface area contributed by atoms with Crippen LogP contribution in [0.4, 0.5) is 0 Å². The molecule has 0 aliphatic carbocycles. The van der Waals surface area contributed by atoms with Gasteiger partial charge in [-0.25, -0.2) is 8.42 Å². The van der Waals surface area contributed by atoms with E-state index < -0.39 is 15.4 Å². The first kappa shape index (κ1) is 15.0. The molecule has 1 heterocycles. The van der Waals surface area contributed by atoms with Crippen LogP contribution in [0.15, 0.2) is 24.3 Å². The number of carbonyl (C=O) groups is 1. The van der Waals surface area contributed by atoms with E-state index >= 15 is 0 Å². The van der Waals surface area contributed by atoms with Gasteiger partial charge in [-0.1, -0.05) is 29.8 Å². The molecule has 2 rings (SSSR count). The molecule has 1 aliphatic rings. The number of hydrogen-bond donors (Lipinski definition) is 1. The maximum atomic E-state index is 11.9. The third kappa shape index (κ3) is 4.07. The number of sulfone groups is 1. The summed E-state index contributed by atoms with van der Waals surface area (Å²) in [6.45, 7) is 3.83. The van der Waals surface area contributed by atoms with E-state index in [1.165, 1.54) is 5.56 Å². The van der Waals surface area contributed by atoms with E-state index in [0.717, 1.165) is 5.56 Å². The lowest BCUT2D eigenvalue weighted by molar-refractivity contribution is -0.122. The van der Waals surface area contributed by atoms with Gasteiger partial charge in [0.2, 0.25) is 5.91 Å². The molecule has 4 nitrogen and oxygen atoms in total. The normalized spacial score (nSPS) is 24.5. The smallest absolute Gasteiger partial charge is 0.220 e. The highest BCUT2D eigenvalue weighted by atomic mass is 32.2. The van der Waals surface area contributed by atoms with E-state index in [1.807, 2.05) is 31.2 Å². The number of carbonyl (C=O) groups excluding carboxylic acids is 1. The summed E-state index contributed by atoms with van der Waals surface area (Å²) in [5, 5.41) is 2.87. The Morgan fingerprint density at radius 3 is 2.50 bits per heavy atom. The molecule has 1 atom stereocenters. The molecule has 1 amide bonds. The SMILES string of the molecule is Cc1ccc(CCC(=O)NC2(C)CCS(=O)(=O)C2)cc1. The van der Waals surface area contributed by atoms with Gasteiger partial charge in [0.1, 0.15) is 0 Å². The molecule has 1 saturated heterocycles. The fourth-order valence-corrected chi connectivity index (χ4v) is 4.61. The number of aryl methyl sites for hydroxylation is 2. The van der Waals surface area contributed by atoms with Gasteiger partial charge in [-0.3, -0.25) is 4.79 Å². The van der Waals surface area contributed by atoms with Crippen molar-refractivity contribution in [3.8, 4) is 0 Å². The Morgan fingerprint density at radius 1 is 1.30 bits per heavy atom. The molecule has 1 fully saturated rings. The van der Waals surface area contributed by atoms with Crippen LogP contribution < -0.4 is 5.32 Å². The molecule has 20 heavy (non-hydrogen) atoms. The lowest BCUT2D eigenvalue weighted by Gasteiger charge is -2.23.